The van der Waals surface area contributed by atoms with Gasteiger partial charge in [-0.15, -0.1) is 0 Å². The number of pyridine rings is 1. The van der Waals surface area contributed by atoms with Crippen LogP contribution in [0.4, 0.5) is 0 Å². The highest BCUT2D eigenvalue weighted by molar-refractivity contribution is 6.74. The number of aromatic nitrogens is 1. The average Bonchev–Trinajstić information content (AvgIpc) is 2.26. The van der Waals surface area contributed by atoms with Gasteiger partial charge in [-0.2, -0.15) is 0 Å². The molecule has 0 saturated carbocycles. The van der Waals surface area contributed by atoms with E-state index in [2.05, 4.69) is 38.8 Å². The number of hydrogen-bond acceptors (Lipinski definition) is 3. The summed E-state index contributed by atoms with van der Waals surface area (Å²) in [4.78, 5) is 3.89. The van der Waals surface area contributed by atoms with Crippen molar-refractivity contribution in [1.82, 2.24) is 4.98 Å². The van der Waals surface area contributed by atoms with Crippen molar-refractivity contribution < 1.29 is 9.53 Å². The van der Waals surface area contributed by atoms with Gasteiger partial charge in [0.2, 0.25) is 0 Å². The molecule has 0 amide bonds. The van der Waals surface area contributed by atoms with Crippen LogP contribution in [0.5, 0.6) is 0 Å². The molecule has 1 N–H and O–H groups in total. The molecule has 1 aromatic rings. The highest BCUT2D eigenvalue weighted by Crippen LogP contribution is 2.40. The summed E-state index contributed by atoms with van der Waals surface area (Å²) in [7, 11) is -1.96. The topological polar surface area (TPSA) is 42.4 Å². The summed E-state index contributed by atoms with van der Waals surface area (Å²) in [5.74, 6) is 0. The van der Waals surface area contributed by atoms with Gasteiger partial charge in [0.15, 0.2) is 8.32 Å². The standard InChI is InChI=1S/C14H23Cl2NO2Si/c1-9(19-20(5,6)14(2,3)4)13(18)12-10(15)7-17-8-11(12)16/h7-9,13,18H,1-6H3. The van der Waals surface area contributed by atoms with Crippen molar-refractivity contribution in [1.29, 1.82) is 0 Å². The summed E-state index contributed by atoms with van der Waals surface area (Å²) in [6, 6.07) is 0. The number of rotatable bonds is 4. The van der Waals surface area contributed by atoms with E-state index in [4.69, 9.17) is 27.6 Å². The number of halogens is 2. The quantitative estimate of drug-likeness (QED) is 0.801. The number of aliphatic hydroxyl groups is 1. The molecular weight excluding hydrogens is 313 g/mol. The second kappa shape index (κ2) is 6.32. The van der Waals surface area contributed by atoms with Crippen molar-refractivity contribution in [3.05, 3.63) is 28.0 Å². The van der Waals surface area contributed by atoms with E-state index in [1.54, 1.807) is 0 Å². The molecule has 2 atom stereocenters. The van der Waals surface area contributed by atoms with Crippen LogP contribution >= 0.6 is 23.2 Å². The van der Waals surface area contributed by atoms with Crippen molar-refractivity contribution in [3.63, 3.8) is 0 Å². The molecule has 0 aliphatic heterocycles. The zero-order valence-corrected chi connectivity index (χ0v) is 15.4. The van der Waals surface area contributed by atoms with Crippen molar-refractivity contribution >= 4 is 31.5 Å². The molecule has 0 fully saturated rings. The summed E-state index contributed by atoms with van der Waals surface area (Å²) >= 11 is 12.2. The molecule has 0 aromatic carbocycles. The van der Waals surface area contributed by atoms with Crippen LogP contribution in [-0.2, 0) is 4.43 Å². The Hall–Kier alpha value is -0.133. The Morgan fingerprint density at radius 2 is 1.65 bits per heavy atom. The van der Waals surface area contributed by atoms with Gasteiger partial charge in [0, 0.05) is 18.0 Å². The van der Waals surface area contributed by atoms with Crippen molar-refractivity contribution in [2.24, 2.45) is 0 Å². The van der Waals surface area contributed by atoms with Crippen LogP contribution < -0.4 is 0 Å². The average molecular weight is 336 g/mol. The maximum atomic E-state index is 10.5. The number of aliphatic hydroxyl groups excluding tert-OH is 1. The molecule has 1 aromatic heterocycles. The fraction of sp³-hybridized carbons (Fsp3) is 0.643. The van der Waals surface area contributed by atoms with E-state index in [0.717, 1.165) is 0 Å². The van der Waals surface area contributed by atoms with Gasteiger partial charge in [-0.05, 0) is 25.1 Å². The Balaban J connectivity index is 2.96. The summed E-state index contributed by atoms with van der Waals surface area (Å²) < 4.78 is 6.18. The highest BCUT2D eigenvalue weighted by atomic mass is 35.5. The summed E-state index contributed by atoms with van der Waals surface area (Å²) in [6.45, 7) is 12.6. The lowest BCUT2D eigenvalue weighted by Gasteiger charge is -2.39. The van der Waals surface area contributed by atoms with Gasteiger partial charge >= 0.3 is 0 Å². The molecule has 1 heterocycles. The Morgan fingerprint density at radius 1 is 1.20 bits per heavy atom. The maximum absolute atomic E-state index is 10.5. The van der Waals surface area contributed by atoms with Crippen molar-refractivity contribution in [3.8, 4) is 0 Å². The Morgan fingerprint density at radius 3 is 2.05 bits per heavy atom. The van der Waals surface area contributed by atoms with E-state index in [1.807, 2.05) is 6.92 Å². The molecule has 6 heteroatoms. The lowest BCUT2D eigenvalue weighted by atomic mass is 10.1. The van der Waals surface area contributed by atoms with Gasteiger partial charge in [-0.1, -0.05) is 44.0 Å². The SMILES string of the molecule is CC(O[Si](C)(C)C(C)(C)C)C(O)c1c(Cl)cncc1Cl. The molecule has 20 heavy (non-hydrogen) atoms. The third-order valence-corrected chi connectivity index (χ3v) is 9.09. The minimum atomic E-state index is -1.96. The molecule has 0 bridgehead atoms. The van der Waals surface area contributed by atoms with Crippen LogP contribution in [0, 0.1) is 0 Å². The number of nitrogens with zero attached hydrogens (tertiary/aromatic N) is 1. The molecular formula is C14H23Cl2NO2Si. The van der Waals surface area contributed by atoms with Gasteiger partial charge in [0.05, 0.1) is 16.1 Å². The minimum absolute atomic E-state index is 0.0762. The first-order valence-corrected chi connectivity index (χ1v) is 10.3. The molecule has 0 aliphatic carbocycles. The van der Waals surface area contributed by atoms with Gasteiger partial charge in [-0.25, -0.2) is 0 Å². The molecule has 2 unspecified atom stereocenters. The highest BCUT2D eigenvalue weighted by Gasteiger charge is 2.40. The smallest absolute Gasteiger partial charge is 0.192 e. The van der Waals surface area contributed by atoms with Crippen LogP contribution in [0.1, 0.15) is 39.4 Å². The molecule has 3 nitrogen and oxygen atoms in total. The van der Waals surface area contributed by atoms with Crippen LogP contribution in [0.3, 0.4) is 0 Å². The first-order chi connectivity index (χ1) is 8.97. The molecule has 114 valence electrons. The lowest BCUT2D eigenvalue weighted by molar-refractivity contribution is 0.0380. The predicted molar refractivity (Wildman–Crippen MR) is 87.0 cm³/mol. The fourth-order valence-electron chi connectivity index (χ4n) is 1.64. The number of hydrogen-bond donors (Lipinski definition) is 1. The second-order valence-corrected chi connectivity index (χ2v) is 12.1. The third-order valence-electron chi connectivity index (χ3n) is 3.92. The largest absolute Gasteiger partial charge is 0.411 e. The van der Waals surface area contributed by atoms with Gasteiger partial charge in [0.25, 0.3) is 0 Å². The maximum Gasteiger partial charge on any atom is 0.192 e. The Labute approximate surface area is 132 Å². The lowest BCUT2D eigenvalue weighted by Crippen LogP contribution is -2.44. The summed E-state index contributed by atoms with van der Waals surface area (Å²) in [5.41, 5.74) is 0.481. The Bertz CT molecular complexity index is 454. The van der Waals surface area contributed by atoms with Crippen LogP contribution in [0.2, 0.25) is 28.2 Å². The first-order valence-electron chi connectivity index (χ1n) is 6.62. The van der Waals surface area contributed by atoms with Crippen LogP contribution in [0.25, 0.3) is 0 Å². The van der Waals surface area contributed by atoms with Crippen LogP contribution in [-0.4, -0.2) is 24.5 Å². The zero-order valence-electron chi connectivity index (χ0n) is 12.9. The van der Waals surface area contributed by atoms with Crippen molar-refractivity contribution in [2.45, 2.75) is 58.0 Å². The first kappa shape index (κ1) is 17.9. The monoisotopic (exact) mass is 335 g/mol. The van der Waals surface area contributed by atoms with E-state index < -0.39 is 14.4 Å². The third kappa shape index (κ3) is 3.95. The molecule has 0 radical (unpaired) electrons. The van der Waals surface area contributed by atoms with Gasteiger partial charge in [-0.3, -0.25) is 4.98 Å². The molecule has 0 saturated heterocycles. The molecule has 1 rings (SSSR count). The van der Waals surface area contributed by atoms with E-state index >= 15 is 0 Å². The molecule has 0 spiro atoms. The van der Waals surface area contributed by atoms with Crippen molar-refractivity contribution in [2.75, 3.05) is 0 Å². The van der Waals surface area contributed by atoms with Gasteiger partial charge < -0.3 is 9.53 Å². The predicted octanol–water partition coefficient (Wildman–Crippen LogP) is 4.83. The normalized spacial score (nSPS) is 16.1. The zero-order chi connectivity index (χ0) is 15.7. The van der Waals surface area contributed by atoms with E-state index in [9.17, 15) is 5.11 Å². The van der Waals surface area contributed by atoms with E-state index in [-0.39, 0.29) is 11.1 Å². The molecule has 0 aliphatic rings. The Kier molecular flexibility index (Phi) is 5.66. The fourth-order valence-corrected chi connectivity index (χ4v) is 3.64. The van der Waals surface area contributed by atoms with E-state index in [1.165, 1.54) is 12.4 Å². The second-order valence-electron chi connectivity index (χ2n) is 6.54. The van der Waals surface area contributed by atoms with Crippen LogP contribution in [0.15, 0.2) is 12.4 Å². The summed E-state index contributed by atoms with van der Waals surface area (Å²) in [6.07, 6.45) is 1.70. The summed E-state index contributed by atoms with van der Waals surface area (Å²) in [5, 5.41) is 11.3. The van der Waals surface area contributed by atoms with Gasteiger partial charge in [0.1, 0.15) is 6.10 Å². The van der Waals surface area contributed by atoms with E-state index in [0.29, 0.717) is 15.6 Å². The minimum Gasteiger partial charge on any atom is -0.411 e.